The molecule has 0 aliphatic carbocycles. The van der Waals surface area contributed by atoms with Crippen LogP contribution in [0, 0.1) is 18.8 Å². The maximum Gasteiger partial charge on any atom is 0.423 e. The summed E-state index contributed by atoms with van der Waals surface area (Å²) in [5.41, 5.74) is 5.32. The highest BCUT2D eigenvalue weighted by molar-refractivity contribution is 6.31. The Hall–Kier alpha value is -3.80. The van der Waals surface area contributed by atoms with Crippen molar-refractivity contribution in [3.05, 3.63) is 70.3 Å². The van der Waals surface area contributed by atoms with E-state index >= 15 is 0 Å². The van der Waals surface area contributed by atoms with E-state index in [1.165, 1.54) is 6.42 Å². The minimum atomic E-state index is -1.18. The zero-order chi connectivity index (χ0) is 36.8. The fraction of sp³-hybridized carbons (Fsp3) is 0.545. The lowest BCUT2D eigenvalue weighted by Gasteiger charge is -2.19. The first-order chi connectivity index (χ1) is 23.8. The number of hydrogen-bond donors (Lipinski definition) is 2. The van der Waals surface area contributed by atoms with Gasteiger partial charge in [0.15, 0.2) is 0 Å². The first-order valence-corrected chi connectivity index (χ1v) is 19.1. The largest absolute Gasteiger partial charge is 0.508 e. The van der Waals surface area contributed by atoms with Crippen molar-refractivity contribution >= 4 is 11.9 Å². The maximum absolute atomic E-state index is 13.6. The molecule has 50 heavy (non-hydrogen) atoms. The summed E-state index contributed by atoms with van der Waals surface area (Å²) in [5, 5.41) is 22.5. The van der Waals surface area contributed by atoms with Crippen molar-refractivity contribution in [3.63, 3.8) is 0 Å². The van der Waals surface area contributed by atoms with Crippen molar-refractivity contribution in [1.82, 2.24) is 0 Å². The lowest BCUT2D eigenvalue weighted by Crippen LogP contribution is -2.26. The van der Waals surface area contributed by atoms with Crippen LogP contribution in [0.1, 0.15) is 146 Å². The van der Waals surface area contributed by atoms with Gasteiger partial charge in [-0.1, -0.05) is 117 Å². The molecule has 0 aliphatic heterocycles. The molecule has 0 heterocycles. The van der Waals surface area contributed by atoms with E-state index in [0.29, 0.717) is 35.8 Å². The number of ether oxygens (including phenoxy) is 2. The van der Waals surface area contributed by atoms with Gasteiger partial charge in [-0.2, -0.15) is 0 Å². The van der Waals surface area contributed by atoms with Gasteiger partial charge in [-0.25, -0.2) is 9.59 Å². The molecule has 0 aromatic heterocycles. The first kappa shape index (κ1) is 40.6. The summed E-state index contributed by atoms with van der Waals surface area (Å²) in [6.45, 7) is 17.1. The number of unbranched alkanes of at least 4 members (excludes halogenated alkanes) is 4. The van der Waals surface area contributed by atoms with Crippen LogP contribution in [-0.2, 0) is 28.9 Å². The summed E-state index contributed by atoms with van der Waals surface area (Å²) < 4.78 is 11.6. The van der Waals surface area contributed by atoms with Crippen LogP contribution in [-0.4, -0.2) is 22.2 Å². The Morgan fingerprint density at radius 1 is 0.660 bits per heavy atom. The average Bonchev–Trinajstić information content (AvgIpc) is 3.04. The molecule has 2 N–H and O–H groups in total. The Kier molecular flexibility index (Phi) is 16.4. The van der Waals surface area contributed by atoms with Gasteiger partial charge in [0, 0.05) is 5.56 Å². The van der Waals surface area contributed by atoms with Crippen molar-refractivity contribution in [2.45, 2.75) is 145 Å². The lowest BCUT2D eigenvalue weighted by atomic mass is 9.89. The Labute approximate surface area is 301 Å². The van der Waals surface area contributed by atoms with Crippen molar-refractivity contribution in [2.75, 3.05) is 0 Å². The first-order valence-electron chi connectivity index (χ1n) is 19.1. The number of benzene rings is 3. The van der Waals surface area contributed by atoms with E-state index in [4.69, 9.17) is 9.47 Å². The van der Waals surface area contributed by atoms with Gasteiger partial charge in [0.2, 0.25) is 0 Å². The number of rotatable bonds is 19. The summed E-state index contributed by atoms with van der Waals surface area (Å²) in [5.74, 6) is -0.724. The highest BCUT2D eigenvalue weighted by Gasteiger charge is 2.27. The van der Waals surface area contributed by atoms with E-state index in [9.17, 15) is 19.8 Å². The van der Waals surface area contributed by atoms with Gasteiger partial charge >= 0.3 is 11.9 Å². The molecule has 0 unspecified atom stereocenters. The predicted octanol–water partition coefficient (Wildman–Crippen LogP) is 11.6. The number of phenolic OH excluding ortho intramolecular Hbond substituents is 2. The van der Waals surface area contributed by atoms with Gasteiger partial charge in [-0.05, 0) is 110 Å². The van der Waals surface area contributed by atoms with Crippen molar-refractivity contribution < 1.29 is 29.3 Å². The fourth-order valence-corrected chi connectivity index (χ4v) is 6.57. The van der Waals surface area contributed by atoms with Crippen molar-refractivity contribution in [1.29, 1.82) is 0 Å². The Balaban J connectivity index is 1.95. The summed E-state index contributed by atoms with van der Waals surface area (Å²) >= 11 is 0. The number of esters is 2. The molecule has 274 valence electrons. The summed E-state index contributed by atoms with van der Waals surface area (Å²) in [6, 6.07) is 13.1. The molecule has 0 amide bonds. The molecule has 0 aliphatic rings. The average molecular weight is 687 g/mol. The number of aryl methyl sites for hydroxylation is 3. The van der Waals surface area contributed by atoms with Gasteiger partial charge in [-0.15, -0.1) is 0 Å². The standard InChI is InChI=1S/C44H62O6/c1-9-11-13-18-33-25-38(45)36(23-20-31(7)17-15-16-29(3)4)40(27-33)49-43(47)44(48)50-41-28-34(19-14-12-10-2)26-39(46)42(41)37-24-32(8)21-22-35(37)30(5)6/h21-22,24-31,45-46H,9-20,23H2,1-8H3/t31-/m0/s1. The smallest absolute Gasteiger partial charge is 0.423 e. The number of carbonyl (C=O) groups is 2. The normalized spacial score (nSPS) is 12.0. The molecule has 0 fully saturated rings. The molecule has 3 rings (SSSR count). The highest BCUT2D eigenvalue weighted by atomic mass is 16.6. The second-order valence-electron chi connectivity index (χ2n) is 15.0. The monoisotopic (exact) mass is 686 g/mol. The van der Waals surface area contributed by atoms with E-state index in [-0.39, 0.29) is 28.9 Å². The summed E-state index contributed by atoms with van der Waals surface area (Å²) in [4.78, 5) is 27.1. The van der Waals surface area contributed by atoms with Gasteiger partial charge < -0.3 is 19.7 Å². The molecule has 0 bridgehead atoms. The predicted molar refractivity (Wildman–Crippen MR) is 204 cm³/mol. The number of carbonyl (C=O) groups excluding carboxylic acids is 2. The Bertz CT molecular complexity index is 1550. The molecule has 0 spiro atoms. The van der Waals surface area contributed by atoms with Gasteiger partial charge in [-0.3, -0.25) is 0 Å². The van der Waals surface area contributed by atoms with Gasteiger partial charge in [0.1, 0.15) is 23.0 Å². The van der Waals surface area contributed by atoms with Crippen LogP contribution in [0.25, 0.3) is 11.1 Å². The third-order valence-corrected chi connectivity index (χ3v) is 9.56. The summed E-state index contributed by atoms with van der Waals surface area (Å²) in [6.07, 6.45) is 12.2. The van der Waals surface area contributed by atoms with E-state index in [1.807, 2.05) is 25.1 Å². The third-order valence-electron chi connectivity index (χ3n) is 9.56. The molecular formula is C44H62O6. The summed E-state index contributed by atoms with van der Waals surface area (Å²) in [7, 11) is 0. The van der Waals surface area contributed by atoms with E-state index in [2.05, 4.69) is 48.5 Å². The zero-order valence-corrected chi connectivity index (χ0v) is 32.0. The molecule has 6 heteroatoms. The minimum absolute atomic E-state index is 0.00262. The van der Waals surface area contributed by atoms with Crippen LogP contribution in [0.2, 0.25) is 0 Å². The van der Waals surface area contributed by atoms with Crippen LogP contribution in [0.15, 0.2) is 42.5 Å². The quantitative estimate of drug-likeness (QED) is 0.0564. The van der Waals surface area contributed by atoms with E-state index < -0.39 is 11.9 Å². The number of hydrogen-bond acceptors (Lipinski definition) is 6. The van der Waals surface area contributed by atoms with Crippen LogP contribution in [0.3, 0.4) is 0 Å². The molecule has 3 aromatic rings. The van der Waals surface area contributed by atoms with E-state index in [1.54, 1.807) is 24.3 Å². The van der Waals surface area contributed by atoms with Crippen molar-refractivity contribution in [2.24, 2.45) is 11.8 Å². The Morgan fingerprint density at radius 2 is 1.24 bits per heavy atom. The molecule has 0 radical (unpaired) electrons. The van der Waals surface area contributed by atoms with Crippen molar-refractivity contribution in [3.8, 4) is 34.1 Å². The molecule has 6 nitrogen and oxygen atoms in total. The second-order valence-corrected chi connectivity index (χ2v) is 15.0. The lowest BCUT2D eigenvalue weighted by molar-refractivity contribution is -0.156. The fourth-order valence-electron chi connectivity index (χ4n) is 6.57. The third kappa shape index (κ3) is 12.2. The second kappa shape index (κ2) is 20.1. The maximum atomic E-state index is 13.6. The highest BCUT2D eigenvalue weighted by Crippen LogP contribution is 2.43. The minimum Gasteiger partial charge on any atom is -0.508 e. The molecule has 0 saturated heterocycles. The molecular weight excluding hydrogens is 624 g/mol. The number of aromatic hydroxyl groups is 2. The van der Waals surface area contributed by atoms with Crippen LogP contribution >= 0.6 is 0 Å². The van der Waals surface area contributed by atoms with E-state index in [0.717, 1.165) is 92.0 Å². The Morgan fingerprint density at radius 3 is 1.82 bits per heavy atom. The SMILES string of the molecule is CCCCCc1cc(O)c(CC[C@@H](C)CCCC(C)C)c(OC(=O)C(=O)Oc2cc(CCCCC)cc(O)c2-c2cc(C)ccc2C(C)C)c1. The van der Waals surface area contributed by atoms with Gasteiger partial charge in [0.05, 0.1) is 5.56 Å². The topological polar surface area (TPSA) is 93.1 Å². The van der Waals surface area contributed by atoms with Crippen LogP contribution in [0.4, 0.5) is 0 Å². The van der Waals surface area contributed by atoms with Crippen LogP contribution in [0.5, 0.6) is 23.0 Å². The number of phenols is 2. The molecule has 0 saturated carbocycles. The molecule has 3 aromatic carbocycles. The zero-order valence-electron chi connectivity index (χ0n) is 32.0. The van der Waals surface area contributed by atoms with Gasteiger partial charge in [0.25, 0.3) is 0 Å². The van der Waals surface area contributed by atoms with Crippen LogP contribution < -0.4 is 9.47 Å². The molecule has 1 atom stereocenters.